The predicted molar refractivity (Wildman–Crippen MR) is 62.3 cm³/mol. The maximum absolute atomic E-state index is 12.3. The van der Waals surface area contributed by atoms with Gasteiger partial charge in [0.2, 0.25) is 0 Å². The first-order valence-corrected chi connectivity index (χ1v) is 5.63. The third kappa shape index (κ3) is 2.07. The molecule has 1 fully saturated rings. The average Bonchev–Trinajstić information content (AvgIpc) is 2.29. The quantitative estimate of drug-likeness (QED) is 0.760. The van der Waals surface area contributed by atoms with Crippen LogP contribution < -0.4 is 5.32 Å². The minimum atomic E-state index is 0.0482. The number of pyridine rings is 1. The van der Waals surface area contributed by atoms with Gasteiger partial charge < -0.3 is 10.2 Å². The lowest BCUT2D eigenvalue weighted by Crippen LogP contribution is -2.52. The van der Waals surface area contributed by atoms with Crippen molar-refractivity contribution < 1.29 is 4.79 Å². The number of aryl methyl sites for hydroxylation is 1. The number of hydrogen-bond donors (Lipinski definition) is 1. The van der Waals surface area contributed by atoms with E-state index in [1.807, 2.05) is 24.0 Å². The summed E-state index contributed by atoms with van der Waals surface area (Å²) in [6, 6.07) is 4.02. The van der Waals surface area contributed by atoms with Crippen LogP contribution in [0.4, 0.5) is 0 Å². The van der Waals surface area contributed by atoms with Crippen LogP contribution in [0, 0.1) is 6.92 Å². The highest BCUT2D eigenvalue weighted by molar-refractivity contribution is 5.93. The summed E-state index contributed by atoms with van der Waals surface area (Å²) < 4.78 is 0. The van der Waals surface area contributed by atoms with Crippen molar-refractivity contribution in [3.63, 3.8) is 0 Å². The summed E-state index contributed by atoms with van der Waals surface area (Å²) in [7, 11) is 0. The number of aromatic nitrogens is 1. The molecule has 1 aromatic heterocycles. The molecule has 1 aliphatic heterocycles. The van der Waals surface area contributed by atoms with Crippen molar-refractivity contribution >= 4 is 5.91 Å². The van der Waals surface area contributed by atoms with Gasteiger partial charge in [-0.3, -0.25) is 9.78 Å². The smallest absolute Gasteiger partial charge is 0.273 e. The van der Waals surface area contributed by atoms with Gasteiger partial charge in [0.25, 0.3) is 5.91 Å². The monoisotopic (exact) mass is 219 g/mol. The Morgan fingerprint density at radius 1 is 1.62 bits per heavy atom. The molecule has 2 heterocycles. The van der Waals surface area contributed by atoms with Gasteiger partial charge in [0.15, 0.2) is 0 Å². The van der Waals surface area contributed by atoms with Crippen molar-refractivity contribution in [1.29, 1.82) is 0 Å². The van der Waals surface area contributed by atoms with Crippen LogP contribution in [0.15, 0.2) is 18.3 Å². The standard InChI is InChI=1S/C12H17N3O/c1-9-4-3-5-14-11(9)12(16)15-7-6-13-8-10(15)2/h3-5,10,13H,6-8H2,1-2H3/t10-/m0/s1. The largest absolute Gasteiger partial charge is 0.332 e. The molecule has 0 spiro atoms. The molecule has 0 saturated carbocycles. The van der Waals surface area contributed by atoms with Crippen LogP contribution in [0.3, 0.4) is 0 Å². The molecule has 1 aromatic rings. The molecule has 1 saturated heterocycles. The number of hydrogen-bond acceptors (Lipinski definition) is 3. The molecule has 86 valence electrons. The zero-order valence-corrected chi connectivity index (χ0v) is 9.73. The van der Waals surface area contributed by atoms with Crippen LogP contribution >= 0.6 is 0 Å². The summed E-state index contributed by atoms with van der Waals surface area (Å²) in [6.45, 7) is 6.46. The molecule has 1 amide bonds. The highest BCUT2D eigenvalue weighted by Crippen LogP contribution is 2.11. The van der Waals surface area contributed by atoms with E-state index in [0.29, 0.717) is 5.69 Å². The van der Waals surface area contributed by atoms with Gasteiger partial charge >= 0.3 is 0 Å². The van der Waals surface area contributed by atoms with Crippen LogP contribution in [0.5, 0.6) is 0 Å². The Labute approximate surface area is 95.7 Å². The topological polar surface area (TPSA) is 45.2 Å². The van der Waals surface area contributed by atoms with Gasteiger partial charge in [0.1, 0.15) is 5.69 Å². The number of piperazine rings is 1. The fourth-order valence-electron chi connectivity index (χ4n) is 1.99. The van der Waals surface area contributed by atoms with Crippen molar-refractivity contribution in [3.05, 3.63) is 29.6 Å². The number of nitrogens with one attached hydrogen (secondary N) is 1. The zero-order chi connectivity index (χ0) is 11.5. The molecule has 1 aliphatic rings. The lowest BCUT2D eigenvalue weighted by atomic mass is 10.1. The molecule has 1 N–H and O–H groups in total. The number of nitrogens with zero attached hydrogens (tertiary/aromatic N) is 2. The summed E-state index contributed by atoms with van der Waals surface area (Å²) in [4.78, 5) is 18.3. The van der Waals surface area contributed by atoms with Crippen molar-refractivity contribution in [3.8, 4) is 0 Å². The lowest BCUT2D eigenvalue weighted by molar-refractivity contribution is 0.0649. The highest BCUT2D eigenvalue weighted by atomic mass is 16.2. The first-order chi connectivity index (χ1) is 7.70. The second-order valence-corrected chi connectivity index (χ2v) is 4.22. The zero-order valence-electron chi connectivity index (χ0n) is 9.73. The minimum Gasteiger partial charge on any atom is -0.332 e. The average molecular weight is 219 g/mol. The Morgan fingerprint density at radius 2 is 2.44 bits per heavy atom. The lowest BCUT2D eigenvalue weighted by Gasteiger charge is -2.33. The number of rotatable bonds is 1. The van der Waals surface area contributed by atoms with E-state index < -0.39 is 0 Å². The van der Waals surface area contributed by atoms with E-state index in [1.165, 1.54) is 0 Å². The first kappa shape index (κ1) is 11.1. The molecular weight excluding hydrogens is 202 g/mol. The van der Waals surface area contributed by atoms with Gasteiger partial charge in [-0.1, -0.05) is 6.07 Å². The number of carbonyl (C=O) groups excluding carboxylic acids is 1. The Bertz CT molecular complexity index is 392. The fourth-order valence-corrected chi connectivity index (χ4v) is 1.99. The molecule has 0 aliphatic carbocycles. The first-order valence-electron chi connectivity index (χ1n) is 5.63. The fraction of sp³-hybridized carbons (Fsp3) is 0.500. The van der Waals surface area contributed by atoms with Gasteiger partial charge in [-0.05, 0) is 25.5 Å². The van der Waals surface area contributed by atoms with Crippen LogP contribution in [-0.4, -0.2) is 41.5 Å². The molecule has 0 aromatic carbocycles. The van der Waals surface area contributed by atoms with Gasteiger partial charge in [-0.15, -0.1) is 0 Å². The van der Waals surface area contributed by atoms with Crippen molar-refractivity contribution in [2.24, 2.45) is 0 Å². The molecule has 4 nitrogen and oxygen atoms in total. The van der Waals surface area contributed by atoms with E-state index in [1.54, 1.807) is 6.20 Å². The third-order valence-corrected chi connectivity index (χ3v) is 2.97. The Morgan fingerprint density at radius 3 is 3.12 bits per heavy atom. The van der Waals surface area contributed by atoms with Crippen molar-refractivity contribution in [2.75, 3.05) is 19.6 Å². The Hall–Kier alpha value is -1.42. The van der Waals surface area contributed by atoms with Crippen LogP contribution in [0.1, 0.15) is 23.0 Å². The van der Waals surface area contributed by atoms with Crippen molar-refractivity contribution in [1.82, 2.24) is 15.2 Å². The Balaban J connectivity index is 2.21. The molecule has 4 heteroatoms. The maximum Gasteiger partial charge on any atom is 0.273 e. The van der Waals surface area contributed by atoms with Crippen LogP contribution in [0.25, 0.3) is 0 Å². The summed E-state index contributed by atoms with van der Waals surface area (Å²) in [5.41, 5.74) is 1.52. The van der Waals surface area contributed by atoms with E-state index in [4.69, 9.17) is 0 Å². The molecule has 1 atom stereocenters. The van der Waals surface area contributed by atoms with Gasteiger partial charge in [-0.25, -0.2) is 0 Å². The van der Waals surface area contributed by atoms with Gasteiger partial charge in [0.05, 0.1) is 0 Å². The van der Waals surface area contributed by atoms with E-state index >= 15 is 0 Å². The van der Waals surface area contributed by atoms with E-state index in [0.717, 1.165) is 25.2 Å². The normalized spacial score (nSPS) is 20.9. The molecule has 0 radical (unpaired) electrons. The number of carbonyl (C=O) groups is 1. The molecule has 2 rings (SSSR count). The molecular formula is C12H17N3O. The summed E-state index contributed by atoms with van der Waals surface area (Å²) in [5, 5.41) is 3.27. The minimum absolute atomic E-state index is 0.0482. The SMILES string of the molecule is Cc1cccnc1C(=O)N1CCNC[C@@H]1C. The summed E-state index contributed by atoms with van der Waals surface area (Å²) in [6.07, 6.45) is 1.67. The van der Waals surface area contributed by atoms with Crippen molar-refractivity contribution in [2.45, 2.75) is 19.9 Å². The second-order valence-electron chi connectivity index (χ2n) is 4.22. The third-order valence-electron chi connectivity index (χ3n) is 2.97. The number of amides is 1. The molecule has 0 bridgehead atoms. The second kappa shape index (κ2) is 4.61. The van der Waals surface area contributed by atoms with Gasteiger partial charge in [0, 0.05) is 31.9 Å². The summed E-state index contributed by atoms with van der Waals surface area (Å²) >= 11 is 0. The van der Waals surface area contributed by atoms with E-state index in [9.17, 15) is 4.79 Å². The van der Waals surface area contributed by atoms with Crippen LogP contribution in [-0.2, 0) is 0 Å². The van der Waals surface area contributed by atoms with E-state index in [-0.39, 0.29) is 11.9 Å². The maximum atomic E-state index is 12.3. The van der Waals surface area contributed by atoms with E-state index in [2.05, 4.69) is 17.2 Å². The van der Waals surface area contributed by atoms with Gasteiger partial charge in [-0.2, -0.15) is 0 Å². The highest BCUT2D eigenvalue weighted by Gasteiger charge is 2.25. The van der Waals surface area contributed by atoms with Crippen LogP contribution in [0.2, 0.25) is 0 Å². The summed E-state index contributed by atoms with van der Waals surface area (Å²) in [5.74, 6) is 0.0482. The molecule has 0 unspecified atom stereocenters. The Kier molecular flexibility index (Phi) is 3.19. The predicted octanol–water partition coefficient (Wildman–Crippen LogP) is 0.824. The molecule has 16 heavy (non-hydrogen) atoms.